The van der Waals surface area contributed by atoms with Crippen LogP contribution in [0.15, 0.2) is 12.1 Å². The second-order valence-electron chi connectivity index (χ2n) is 5.44. The zero-order valence-electron chi connectivity index (χ0n) is 10.3. The summed E-state index contributed by atoms with van der Waals surface area (Å²) in [5.74, 6) is 1.20. The molecule has 2 aliphatic carbocycles. The van der Waals surface area contributed by atoms with Crippen molar-refractivity contribution >= 4 is 17.1 Å². The highest BCUT2D eigenvalue weighted by Crippen LogP contribution is 2.35. The molecule has 1 aromatic heterocycles. The summed E-state index contributed by atoms with van der Waals surface area (Å²) in [5.41, 5.74) is 0. The van der Waals surface area contributed by atoms with Gasteiger partial charge in [-0.25, -0.2) is 0 Å². The fourth-order valence-corrected chi connectivity index (χ4v) is 3.06. The number of aryl methyl sites for hydroxylation is 1. The molecule has 1 aromatic rings. The minimum absolute atomic E-state index is 0.315. The van der Waals surface area contributed by atoms with Gasteiger partial charge in [0, 0.05) is 17.5 Å². The molecule has 0 amide bonds. The second kappa shape index (κ2) is 4.54. The van der Waals surface area contributed by atoms with E-state index in [2.05, 4.69) is 11.8 Å². The summed E-state index contributed by atoms with van der Waals surface area (Å²) in [6.07, 6.45) is 5.33. The summed E-state index contributed by atoms with van der Waals surface area (Å²) in [5, 5.41) is 0. The van der Waals surface area contributed by atoms with Crippen molar-refractivity contribution in [2.24, 2.45) is 5.92 Å². The van der Waals surface area contributed by atoms with Crippen molar-refractivity contribution in [1.82, 2.24) is 4.90 Å². The van der Waals surface area contributed by atoms with Gasteiger partial charge in [-0.1, -0.05) is 0 Å². The summed E-state index contributed by atoms with van der Waals surface area (Å²) in [6.45, 7) is 3.85. The molecule has 0 bridgehead atoms. The van der Waals surface area contributed by atoms with E-state index < -0.39 is 0 Å². The maximum absolute atomic E-state index is 12.2. The van der Waals surface area contributed by atoms with Gasteiger partial charge in [0.2, 0.25) is 0 Å². The maximum Gasteiger partial charge on any atom is 0.186 e. The van der Waals surface area contributed by atoms with Crippen LogP contribution in [0.3, 0.4) is 0 Å². The Labute approximate surface area is 107 Å². The Morgan fingerprint density at radius 1 is 1.35 bits per heavy atom. The van der Waals surface area contributed by atoms with Crippen LogP contribution in [0.5, 0.6) is 0 Å². The van der Waals surface area contributed by atoms with Crippen molar-refractivity contribution in [2.75, 3.05) is 13.1 Å². The molecule has 17 heavy (non-hydrogen) atoms. The van der Waals surface area contributed by atoms with Crippen LogP contribution < -0.4 is 0 Å². The Kier molecular flexibility index (Phi) is 3.05. The van der Waals surface area contributed by atoms with Gasteiger partial charge < -0.3 is 0 Å². The van der Waals surface area contributed by atoms with Gasteiger partial charge in [0.25, 0.3) is 0 Å². The third-order valence-electron chi connectivity index (χ3n) is 3.61. The number of hydrogen-bond acceptors (Lipinski definition) is 3. The molecule has 0 saturated heterocycles. The summed E-state index contributed by atoms with van der Waals surface area (Å²) in [4.78, 5) is 16.8. The van der Waals surface area contributed by atoms with Gasteiger partial charge in [0.15, 0.2) is 5.78 Å². The molecule has 3 heteroatoms. The lowest BCUT2D eigenvalue weighted by Gasteiger charge is -2.20. The molecule has 0 aliphatic heterocycles. The number of carbonyl (C=O) groups is 1. The average molecular weight is 249 g/mol. The molecule has 2 nitrogen and oxygen atoms in total. The molecule has 0 radical (unpaired) electrons. The van der Waals surface area contributed by atoms with Gasteiger partial charge in [-0.2, -0.15) is 0 Å². The first kappa shape index (κ1) is 11.4. The van der Waals surface area contributed by atoms with Crippen molar-refractivity contribution in [3.63, 3.8) is 0 Å². The van der Waals surface area contributed by atoms with Gasteiger partial charge >= 0.3 is 0 Å². The van der Waals surface area contributed by atoms with Gasteiger partial charge in [-0.05, 0) is 50.7 Å². The first-order chi connectivity index (χ1) is 8.22. The fraction of sp³-hybridized carbons (Fsp3) is 0.643. The Morgan fingerprint density at radius 3 is 2.65 bits per heavy atom. The van der Waals surface area contributed by atoms with E-state index in [1.165, 1.54) is 30.6 Å². The van der Waals surface area contributed by atoms with Crippen LogP contribution in [0.25, 0.3) is 0 Å². The molecule has 3 rings (SSSR count). The van der Waals surface area contributed by atoms with Gasteiger partial charge in [0.05, 0.1) is 11.4 Å². The lowest BCUT2D eigenvalue weighted by atomic mass is 10.2. The van der Waals surface area contributed by atoms with E-state index in [1.54, 1.807) is 11.3 Å². The number of hydrogen-bond donors (Lipinski definition) is 0. The SMILES string of the molecule is Cc1ccc(C(=O)CN(CC2CC2)C2CC2)s1. The number of rotatable bonds is 6. The number of carbonyl (C=O) groups excluding carboxylic acids is 1. The summed E-state index contributed by atoms with van der Waals surface area (Å²) < 4.78 is 0. The highest BCUT2D eigenvalue weighted by atomic mass is 32.1. The highest BCUT2D eigenvalue weighted by molar-refractivity contribution is 7.14. The van der Waals surface area contributed by atoms with Crippen LogP contribution in [-0.2, 0) is 0 Å². The number of thiophene rings is 1. The predicted molar refractivity (Wildman–Crippen MR) is 70.7 cm³/mol. The third-order valence-corrected chi connectivity index (χ3v) is 4.66. The van der Waals surface area contributed by atoms with Gasteiger partial charge in [0.1, 0.15) is 0 Å². The van der Waals surface area contributed by atoms with Crippen molar-refractivity contribution < 1.29 is 4.79 Å². The zero-order valence-corrected chi connectivity index (χ0v) is 11.1. The summed E-state index contributed by atoms with van der Waals surface area (Å²) in [6, 6.07) is 4.73. The normalized spacial score (nSPS) is 19.9. The van der Waals surface area contributed by atoms with E-state index in [0.717, 1.165) is 17.3 Å². The topological polar surface area (TPSA) is 20.3 Å². The Bertz CT molecular complexity index is 418. The van der Waals surface area contributed by atoms with Crippen LogP contribution in [0.2, 0.25) is 0 Å². The van der Waals surface area contributed by atoms with Crippen LogP contribution in [0, 0.1) is 12.8 Å². The van der Waals surface area contributed by atoms with Crippen LogP contribution in [0.1, 0.15) is 40.2 Å². The first-order valence-electron chi connectivity index (χ1n) is 6.56. The molecule has 0 spiro atoms. The summed E-state index contributed by atoms with van der Waals surface area (Å²) >= 11 is 1.63. The molecule has 0 N–H and O–H groups in total. The monoisotopic (exact) mass is 249 g/mol. The van der Waals surface area contributed by atoms with Crippen LogP contribution in [-0.4, -0.2) is 29.8 Å². The first-order valence-corrected chi connectivity index (χ1v) is 7.38. The molecular weight excluding hydrogens is 230 g/mol. The lowest BCUT2D eigenvalue weighted by Crippen LogP contribution is -2.33. The smallest absolute Gasteiger partial charge is 0.186 e. The Morgan fingerprint density at radius 2 is 2.12 bits per heavy atom. The standard InChI is InChI=1S/C14H19NOS/c1-10-2-7-14(17-10)13(16)9-15(12-5-6-12)8-11-3-4-11/h2,7,11-12H,3-6,8-9H2,1H3. The molecule has 92 valence electrons. The second-order valence-corrected chi connectivity index (χ2v) is 6.73. The van der Waals surface area contributed by atoms with Gasteiger partial charge in [-0.3, -0.25) is 9.69 Å². The number of nitrogens with zero attached hydrogens (tertiary/aromatic N) is 1. The van der Waals surface area contributed by atoms with E-state index >= 15 is 0 Å². The molecule has 0 atom stereocenters. The Balaban J connectivity index is 1.61. The molecule has 0 aromatic carbocycles. The minimum Gasteiger partial charge on any atom is -0.293 e. The fourth-order valence-electron chi connectivity index (χ4n) is 2.26. The van der Waals surface area contributed by atoms with E-state index in [4.69, 9.17) is 0 Å². The van der Waals surface area contributed by atoms with Crippen molar-refractivity contribution in [2.45, 2.75) is 38.6 Å². The van der Waals surface area contributed by atoms with E-state index in [1.807, 2.05) is 12.1 Å². The maximum atomic E-state index is 12.2. The van der Waals surface area contributed by atoms with E-state index in [9.17, 15) is 4.79 Å². The molecule has 1 heterocycles. The average Bonchev–Trinajstić information content (AvgIpc) is 3.18. The molecular formula is C14H19NOS. The van der Waals surface area contributed by atoms with Crippen LogP contribution in [0.4, 0.5) is 0 Å². The van der Waals surface area contributed by atoms with Gasteiger partial charge in [-0.15, -0.1) is 11.3 Å². The molecule has 2 aliphatic rings. The molecule has 0 unspecified atom stereocenters. The van der Waals surface area contributed by atoms with Crippen molar-refractivity contribution in [3.8, 4) is 0 Å². The largest absolute Gasteiger partial charge is 0.293 e. The Hall–Kier alpha value is -0.670. The minimum atomic E-state index is 0.315. The van der Waals surface area contributed by atoms with E-state index in [-0.39, 0.29) is 0 Å². The van der Waals surface area contributed by atoms with Crippen molar-refractivity contribution in [1.29, 1.82) is 0 Å². The molecule has 2 fully saturated rings. The van der Waals surface area contributed by atoms with Crippen molar-refractivity contribution in [3.05, 3.63) is 21.9 Å². The summed E-state index contributed by atoms with van der Waals surface area (Å²) in [7, 11) is 0. The van der Waals surface area contributed by atoms with E-state index in [0.29, 0.717) is 18.4 Å². The predicted octanol–water partition coefficient (Wildman–Crippen LogP) is 3.11. The lowest BCUT2D eigenvalue weighted by molar-refractivity contribution is 0.0925. The third kappa shape index (κ3) is 2.96. The zero-order chi connectivity index (χ0) is 11.8. The number of Topliss-reactive ketones (excluding diaryl/α,β-unsaturated/α-hetero) is 1. The van der Waals surface area contributed by atoms with Crippen LogP contribution >= 0.6 is 11.3 Å². The quantitative estimate of drug-likeness (QED) is 0.722. The highest BCUT2D eigenvalue weighted by Gasteiger charge is 2.34. The number of ketones is 1. The molecule has 2 saturated carbocycles.